The van der Waals surface area contributed by atoms with Crippen molar-refractivity contribution in [2.45, 2.75) is 20.3 Å². The first-order valence-corrected chi connectivity index (χ1v) is 11.9. The van der Waals surface area contributed by atoms with Gasteiger partial charge in [-0.3, -0.25) is 0 Å². The Labute approximate surface area is 96.9 Å². The van der Waals surface area contributed by atoms with Gasteiger partial charge in [-0.05, 0) is 37.8 Å². The van der Waals surface area contributed by atoms with Crippen molar-refractivity contribution in [2.24, 2.45) is 5.41 Å². The van der Waals surface area contributed by atoms with Crippen molar-refractivity contribution in [1.82, 2.24) is 0 Å². The first-order valence-electron chi connectivity index (χ1n) is 5.66. The van der Waals surface area contributed by atoms with Crippen molar-refractivity contribution in [1.29, 1.82) is 0 Å². The van der Waals surface area contributed by atoms with E-state index in [1.54, 1.807) is 10.6 Å². The third-order valence-electron chi connectivity index (χ3n) is 3.20. The molecule has 0 aromatic carbocycles. The zero-order valence-corrected chi connectivity index (χ0v) is 13.5. The Morgan fingerprint density at radius 1 is 1.13 bits per heavy atom. The Morgan fingerprint density at radius 3 is 1.80 bits per heavy atom. The van der Waals surface area contributed by atoms with Crippen molar-refractivity contribution in [2.75, 3.05) is 40.0 Å². The van der Waals surface area contributed by atoms with Gasteiger partial charge in [0, 0.05) is 12.7 Å². The maximum Gasteiger partial charge on any atom is 0.0768 e. The summed E-state index contributed by atoms with van der Waals surface area (Å²) in [6.45, 7) is 18.7. The number of rotatable bonds is 1. The van der Waals surface area contributed by atoms with Gasteiger partial charge in [-0.25, -0.2) is 0 Å². The minimum absolute atomic E-state index is 0.425. The molecule has 0 saturated heterocycles. The zero-order valence-electron chi connectivity index (χ0n) is 11.7. The summed E-state index contributed by atoms with van der Waals surface area (Å²) in [5.74, 6) is 0. The summed E-state index contributed by atoms with van der Waals surface area (Å²) in [7, 11) is -0.834. The van der Waals surface area contributed by atoms with Gasteiger partial charge in [0.05, 0.1) is 25.3 Å². The topological polar surface area (TPSA) is 0 Å². The van der Waals surface area contributed by atoms with E-state index in [4.69, 9.17) is 0 Å². The van der Waals surface area contributed by atoms with Gasteiger partial charge >= 0.3 is 0 Å². The van der Waals surface area contributed by atoms with Crippen LogP contribution in [0.5, 0.6) is 0 Å². The molecule has 0 nitrogen and oxygen atoms in total. The van der Waals surface area contributed by atoms with E-state index in [0.717, 1.165) is 0 Å². The van der Waals surface area contributed by atoms with E-state index >= 15 is 0 Å². The predicted molar refractivity (Wildman–Crippen MR) is 80.9 cm³/mol. The highest BCUT2D eigenvalue weighted by Gasteiger charge is 2.42. The molecule has 0 unspecified atom stereocenters. The minimum Gasteiger partial charge on any atom is -0.110 e. The van der Waals surface area contributed by atoms with Crippen molar-refractivity contribution < 1.29 is 0 Å². The van der Waals surface area contributed by atoms with Gasteiger partial charge < -0.3 is 0 Å². The Balaban J connectivity index is 3.29. The second-order valence-corrected chi connectivity index (χ2v) is 16.2. The largest absolute Gasteiger partial charge is 0.110 e. The molecule has 1 rings (SSSR count). The smallest absolute Gasteiger partial charge is 0.0768 e. The Hall–Kier alpha value is 0.470. The van der Waals surface area contributed by atoms with E-state index in [1.807, 2.05) is 0 Å². The lowest BCUT2D eigenvalue weighted by Crippen LogP contribution is -2.13. The van der Waals surface area contributed by atoms with Crippen molar-refractivity contribution in [3.63, 3.8) is 0 Å². The van der Waals surface area contributed by atoms with Crippen LogP contribution in [0.25, 0.3) is 0 Å². The molecule has 0 amide bonds. The van der Waals surface area contributed by atoms with Crippen LogP contribution in [0.1, 0.15) is 20.3 Å². The lowest BCUT2D eigenvalue weighted by Gasteiger charge is -2.26. The van der Waals surface area contributed by atoms with Crippen LogP contribution in [0.3, 0.4) is 0 Å². The Morgan fingerprint density at radius 2 is 1.60 bits per heavy atom. The summed E-state index contributed by atoms with van der Waals surface area (Å²) in [5, 5.41) is 3.50. The van der Waals surface area contributed by atoms with Crippen LogP contribution in [0.15, 0.2) is 11.4 Å². The molecule has 0 aromatic heterocycles. The average Bonchev–Trinajstić information content (AvgIpc) is 2.22. The van der Waals surface area contributed by atoms with E-state index in [2.05, 4.69) is 59.9 Å². The van der Waals surface area contributed by atoms with Crippen molar-refractivity contribution in [3.05, 3.63) is 11.4 Å². The van der Waals surface area contributed by atoms with E-state index in [1.165, 1.54) is 6.42 Å². The van der Waals surface area contributed by atoms with E-state index in [9.17, 15) is 0 Å². The Kier molecular flexibility index (Phi) is 3.38. The monoisotopic (exact) mass is 245 g/mol. The second-order valence-electron chi connectivity index (χ2n) is 7.11. The highest BCUT2D eigenvalue weighted by Crippen LogP contribution is 2.65. The van der Waals surface area contributed by atoms with Crippen LogP contribution in [0.4, 0.5) is 0 Å². The highest BCUT2D eigenvalue weighted by atomic mass is 31.2. The van der Waals surface area contributed by atoms with E-state index in [0.29, 0.717) is 5.41 Å². The first kappa shape index (κ1) is 13.5. The van der Waals surface area contributed by atoms with Crippen LogP contribution in [0, 0.1) is 5.41 Å². The SMILES string of the molecule is CC1(C)CC(=P(C)(C)C)C=C1[P+](C)(C)C. The van der Waals surface area contributed by atoms with Crippen LogP contribution in [-0.4, -0.2) is 45.3 Å². The molecule has 0 aromatic rings. The van der Waals surface area contributed by atoms with Crippen LogP contribution < -0.4 is 0 Å². The third-order valence-corrected chi connectivity index (χ3v) is 7.39. The van der Waals surface area contributed by atoms with Crippen LogP contribution >= 0.6 is 14.1 Å². The maximum atomic E-state index is 2.57. The van der Waals surface area contributed by atoms with Crippen LogP contribution in [0.2, 0.25) is 0 Å². The molecular weight excluding hydrogens is 218 g/mol. The first-order chi connectivity index (χ1) is 6.44. The van der Waals surface area contributed by atoms with Gasteiger partial charge in [0.2, 0.25) is 0 Å². The van der Waals surface area contributed by atoms with Gasteiger partial charge in [0.1, 0.15) is 0 Å². The molecule has 15 heavy (non-hydrogen) atoms. The van der Waals surface area contributed by atoms with E-state index < -0.39 is 14.1 Å². The zero-order chi connectivity index (χ0) is 12.1. The summed E-state index contributed by atoms with van der Waals surface area (Å²) in [4.78, 5) is 0. The minimum atomic E-state index is -0.834. The number of hydrogen-bond acceptors (Lipinski definition) is 0. The summed E-state index contributed by atoms with van der Waals surface area (Å²) in [5.41, 5.74) is 0.425. The average molecular weight is 245 g/mol. The van der Waals surface area contributed by atoms with Crippen LogP contribution in [-0.2, 0) is 0 Å². The molecule has 0 saturated carbocycles. The Bertz CT molecular complexity index is 337. The number of hydrogen-bond donors (Lipinski definition) is 0. The predicted octanol–water partition coefficient (Wildman–Crippen LogP) is 4.29. The molecule has 0 fully saturated rings. The molecule has 88 valence electrons. The van der Waals surface area contributed by atoms with Gasteiger partial charge in [-0.15, -0.1) is 6.89 Å². The standard InChI is InChI=1S/C13H27P2/c1-13(2)10-11(14(3,4)5)9-12(13)15(6,7)8/h9H,10H2,1-8H3/q+1. The summed E-state index contributed by atoms with van der Waals surface area (Å²) < 4.78 is 0. The van der Waals surface area contributed by atoms with Gasteiger partial charge in [-0.1, -0.05) is 13.8 Å². The molecule has 1 aliphatic carbocycles. The molecular formula is C13H27P2+. The molecule has 0 N–H and O–H groups in total. The molecule has 0 spiro atoms. The fraction of sp³-hybridized carbons (Fsp3) is 0.769. The fourth-order valence-corrected chi connectivity index (χ4v) is 6.41. The lowest BCUT2D eigenvalue weighted by molar-refractivity contribution is 0.507. The molecule has 0 radical (unpaired) electrons. The lowest BCUT2D eigenvalue weighted by atomic mass is 9.93. The van der Waals surface area contributed by atoms with Crippen molar-refractivity contribution >= 4 is 19.4 Å². The van der Waals surface area contributed by atoms with Crippen molar-refractivity contribution in [3.8, 4) is 0 Å². The molecule has 0 bridgehead atoms. The molecule has 0 atom stereocenters. The molecule has 2 heteroatoms. The van der Waals surface area contributed by atoms with Gasteiger partial charge in [0.25, 0.3) is 0 Å². The maximum absolute atomic E-state index is 2.57. The van der Waals surface area contributed by atoms with E-state index in [-0.39, 0.29) is 0 Å². The molecule has 0 aliphatic heterocycles. The fourth-order valence-electron chi connectivity index (χ4n) is 2.48. The summed E-state index contributed by atoms with van der Waals surface area (Å²) in [6.07, 6.45) is 3.87. The van der Waals surface area contributed by atoms with Gasteiger partial charge in [-0.2, -0.15) is 0 Å². The normalized spacial score (nSPS) is 21.9. The highest BCUT2D eigenvalue weighted by molar-refractivity contribution is 7.78. The quantitative estimate of drug-likeness (QED) is 0.605. The third kappa shape index (κ3) is 2.98. The summed E-state index contributed by atoms with van der Waals surface area (Å²) >= 11 is 0. The second kappa shape index (κ2) is 3.75. The number of allylic oxidation sites excluding steroid dienone is 2. The summed E-state index contributed by atoms with van der Waals surface area (Å²) in [6, 6.07) is 0. The molecule has 1 aliphatic rings. The molecule has 0 heterocycles. The van der Waals surface area contributed by atoms with Gasteiger partial charge in [0.15, 0.2) is 0 Å².